The van der Waals surface area contributed by atoms with E-state index in [1.807, 2.05) is 0 Å². The quantitative estimate of drug-likeness (QED) is 0.0245. The van der Waals surface area contributed by atoms with E-state index in [9.17, 15) is 19.8 Å². The number of aliphatic hydroxyl groups is 2. The molecule has 6 heteroatoms. The van der Waals surface area contributed by atoms with Crippen molar-refractivity contribution < 1.29 is 24.5 Å². The second kappa shape index (κ2) is 52.8. The van der Waals surface area contributed by atoms with Crippen molar-refractivity contribution in [1.29, 1.82) is 0 Å². The Bertz CT molecular complexity index is 1110. The lowest BCUT2D eigenvalue weighted by atomic mass is 10.0. The fourth-order valence-corrected chi connectivity index (χ4v) is 8.66. The maximum atomic E-state index is 13.3. The molecule has 0 rings (SSSR count). The zero-order valence-corrected chi connectivity index (χ0v) is 43.4. The lowest BCUT2D eigenvalue weighted by Gasteiger charge is -2.24. The van der Waals surface area contributed by atoms with Crippen LogP contribution in [0.5, 0.6) is 0 Å². The molecule has 6 nitrogen and oxygen atoms in total. The van der Waals surface area contributed by atoms with Gasteiger partial charge in [0, 0.05) is 6.42 Å². The number of carbonyl (C=O) groups is 2. The van der Waals surface area contributed by atoms with Crippen molar-refractivity contribution in [3.8, 4) is 0 Å². The molecule has 0 radical (unpaired) electrons. The van der Waals surface area contributed by atoms with Gasteiger partial charge in [0.1, 0.15) is 6.10 Å². The molecule has 3 unspecified atom stereocenters. The second-order valence-electron chi connectivity index (χ2n) is 19.4. The summed E-state index contributed by atoms with van der Waals surface area (Å²) in [6, 6.07) is -0.707. The van der Waals surface area contributed by atoms with Crippen molar-refractivity contribution in [2.24, 2.45) is 0 Å². The molecule has 3 N–H and O–H groups in total. The molecule has 0 aromatic heterocycles. The third-order valence-corrected chi connectivity index (χ3v) is 13.0. The van der Waals surface area contributed by atoms with Crippen LogP contribution in [0.3, 0.4) is 0 Å². The molecule has 1 amide bonds. The van der Waals surface area contributed by atoms with Crippen LogP contribution in [0.4, 0.5) is 0 Å². The van der Waals surface area contributed by atoms with Crippen LogP contribution in [0.2, 0.25) is 0 Å². The van der Waals surface area contributed by atoms with E-state index < -0.39 is 18.2 Å². The van der Waals surface area contributed by atoms with E-state index in [1.54, 1.807) is 0 Å². The highest BCUT2D eigenvalue weighted by Gasteiger charge is 2.24. The molecule has 0 aromatic rings. The molecule has 0 saturated heterocycles. The number of amides is 1. The van der Waals surface area contributed by atoms with Gasteiger partial charge in [0.2, 0.25) is 5.91 Å². The Morgan fingerprint density at radius 2 is 0.846 bits per heavy atom. The molecule has 0 aliphatic rings. The monoisotopic (exact) mass is 912 g/mol. The van der Waals surface area contributed by atoms with Crippen LogP contribution in [-0.4, -0.2) is 46.9 Å². The van der Waals surface area contributed by atoms with Crippen LogP contribution in [0.15, 0.2) is 48.6 Å². The van der Waals surface area contributed by atoms with Gasteiger partial charge < -0.3 is 20.3 Å². The van der Waals surface area contributed by atoms with Crippen LogP contribution in [-0.2, 0) is 14.3 Å². The van der Waals surface area contributed by atoms with Crippen molar-refractivity contribution in [3.63, 3.8) is 0 Å². The topological polar surface area (TPSA) is 95.9 Å². The van der Waals surface area contributed by atoms with E-state index in [4.69, 9.17) is 4.74 Å². The lowest BCUT2D eigenvalue weighted by molar-refractivity contribution is -0.151. The minimum atomic E-state index is -0.792. The SMILES string of the molecule is CC/C=C/C=C/C=C/CCCCCCCCCC(=O)OC(CCCCCCC/C=C/CCCCCCCC)CC(=O)NC(CO)C(O)CCCCCCCCCCCCCCCCCC. The number of aliphatic hydroxyl groups excluding tert-OH is 2. The summed E-state index contributed by atoms with van der Waals surface area (Å²) in [7, 11) is 0. The van der Waals surface area contributed by atoms with E-state index in [1.165, 1.54) is 173 Å². The summed E-state index contributed by atoms with van der Waals surface area (Å²) in [5, 5.41) is 23.9. The number of hydrogen-bond acceptors (Lipinski definition) is 5. The fraction of sp³-hybridized carbons (Fsp3) is 0.831. The number of ether oxygens (including phenoxy) is 1. The van der Waals surface area contributed by atoms with E-state index >= 15 is 0 Å². The summed E-state index contributed by atoms with van der Waals surface area (Å²) >= 11 is 0. The van der Waals surface area contributed by atoms with Gasteiger partial charge in [-0.2, -0.15) is 0 Å². The first-order chi connectivity index (χ1) is 32.0. The second-order valence-corrected chi connectivity index (χ2v) is 19.4. The smallest absolute Gasteiger partial charge is 0.306 e. The summed E-state index contributed by atoms with van der Waals surface area (Å²) < 4.78 is 5.95. The normalized spacial score (nSPS) is 13.5. The predicted molar refractivity (Wildman–Crippen MR) is 282 cm³/mol. The number of allylic oxidation sites excluding steroid dienone is 8. The molecule has 0 aromatic carbocycles. The molecule has 0 spiro atoms. The Kier molecular flexibility index (Phi) is 51.0. The van der Waals surface area contributed by atoms with Crippen molar-refractivity contribution in [2.75, 3.05) is 6.61 Å². The van der Waals surface area contributed by atoms with Gasteiger partial charge in [0.05, 0.1) is 25.2 Å². The van der Waals surface area contributed by atoms with E-state index in [0.717, 1.165) is 70.6 Å². The highest BCUT2D eigenvalue weighted by molar-refractivity contribution is 5.77. The van der Waals surface area contributed by atoms with Gasteiger partial charge in [-0.05, 0) is 70.6 Å². The summed E-state index contributed by atoms with van der Waals surface area (Å²) in [6.45, 7) is 6.37. The first-order valence-corrected chi connectivity index (χ1v) is 28.4. The molecule has 0 saturated carbocycles. The van der Waals surface area contributed by atoms with Crippen LogP contribution in [0.25, 0.3) is 0 Å². The lowest BCUT2D eigenvalue weighted by Crippen LogP contribution is -2.46. The maximum Gasteiger partial charge on any atom is 0.306 e. The maximum absolute atomic E-state index is 13.3. The van der Waals surface area contributed by atoms with Crippen LogP contribution >= 0.6 is 0 Å². The number of rotatable bonds is 51. The fourth-order valence-electron chi connectivity index (χ4n) is 8.66. The zero-order valence-electron chi connectivity index (χ0n) is 43.4. The van der Waals surface area contributed by atoms with Gasteiger partial charge >= 0.3 is 5.97 Å². The van der Waals surface area contributed by atoms with Crippen molar-refractivity contribution >= 4 is 11.9 Å². The van der Waals surface area contributed by atoms with Crippen LogP contribution in [0, 0.1) is 0 Å². The largest absolute Gasteiger partial charge is 0.462 e. The first-order valence-electron chi connectivity index (χ1n) is 28.4. The number of nitrogens with one attached hydrogen (secondary N) is 1. The summed E-state index contributed by atoms with van der Waals surface area (Å²) in [5.74, 6) is -0.486. The van der Waals surface area contributed by atoms with Gasteiger partial charge in [-0.3, -0.25) is 9.59 Å². The van der Waals surface area contributed by atoms with Gasteiger partial charge in [-0.15, -0.1) is 0 Å². The number of hydrogen-bond donors (Lipinski definition) is 3. The number of carbonyl (C=O) groups excluding carboxylic acids is 2. The number of esters is 1. The van der Waals surface area contributed by atoms with E-state index in [2.05, 4.69) is 74.7 Å². The summed E-state index contributed by atoms with van der Waals surface area (Å²) in [6.07, 6.45) is 64.6. The molecule has 65 heavy (non-hydrogen) atoms. The highest BCUT2D eigenvalue weighted by atomic mass is 16.5. The molecular weight excluding hydrogens is 803 g/mol. The van der Waals surface area contributed by atoms with Crippen molar-refractivity contribution in [3.05, 3.63) is 48.6 Å². The third-order valence-electron chi connectivity index (χ3n) is 13.0. The highest BCUT2D eigenvalue weighted by Crippen LogP contribution is 2.18. The third kappa shape index (κ3) is 48.1. The minimum Gasteiger partial charge on any atom is -0.462 e. The van der Waals surface area contributed by atoms with Crippen LogP contribution in [0.1, 0.15) is 290 Å². The Hall–Kier alpha value is -2.18. The standard InChI is InChI=1S/C59H109NO5/c1-4-7-10-13-16-19-22-25-28-31-33-36-39-42-45-48-51-57(62)56(54-61)60-58(63)53-55(50-47-44-41-38-35-32-29-26-23-20-17-14-11-8-5-2)65-59(64)52-49-46-43-40-37-34-30-27-24-21-18-15-12-9-6-3/h9,12,15,18,21,24,26,29,55-57,61-62H,4-8,10-11,13-14,16-17,19-20,22-23,25,27-28,30-54H2,1-3H3,(H,60,63)/b12-9+,18-15+,24-21+,29-26+. The summed E-state index contributed by atoms with van der Waals surface area (Å²) in [4.78, 5) is 26.2. The summed E-state index contributed by atoms with van der Waals surface area (Å²) in [5.41, 5.74) is 0. The van der Waals surface area contributed by atoms with Gasteiger partial charge in [-0.1, -0.05) is 256 Å². The molecule has 380 valence electrons. The molecule has 0 aliphatic carbocycles. The van der Waals surface area contributed by atoms with Crippen molar-refractivity contribution in [1.82, 2.24) is 5.32 Å². The first kappa shape index (κ1) is 62.8. The van der Waals surface area contributed by atoms with E-state index in [-0.39, 0.29) is 24.9 Å². The molecule has 0 bridgehead atoms. The van der Waals surface area contributed by atoms with E-state index in [0.29, 0.717) is 19.3 Å². The van der Waals surface area contributed by atoms with Gasteiger partial charge in [0.15, 0.2) is 0 Å². The Balaban J connectivity index is 4.56. The number of unbranched alkanes of at least 4 members (excludes halogenated alkanes) is 33. The Morgan fingerprint density at radius 1 is 0.462 bits per heavy atom. The molecule has 0 aliphatic heterocycles. The van der Waals surface area contributed by atoms with Gasteiger partial charge in [-0.25, -0.2) is 0 Å². The van der Waals surface area contributed by atoms with Crippen LogP contribution < -0.4 is 5.32 Å². The minimum absolute atomic E-state index is 0.0682. The predicted octanol–water partition coefficient (Wildman–Crippen LogP) is 17.4. The van der Waals surface area contributed by atoms with Gasteiger partial charge in [0.25, 0.3) is 0 Å². The Morgan fingerprint density at radius 3 is 1.29 bits per heavy atom. The Labute approximate surface area is 404 Å². The molecule has 3 atom stereocenters. The molecule has 0 fully saturated rings. The zero-order chi connectivity index (χ0) is 47.4. The average Bonchev–Trinajstić information content (AvgIpc) is 3.30. The average molecular weight is 913 g/mol. The van der Waals surface area contributed by atoms with Crippen molar-refractivity contribution in [2.45, 2.75) is 309 Å². The molecular formula is C59H109NO5. The molecule has 0 heterocycles.